The van der Waals surface area contributed by atoms with Crippen molar-refractivity contribution in [3.63, 3.8) is 0 Å². The van der Waals surface area contributed by atoms with Crippen LogP contribution in [0, 0.1) is 11.6 Å². The predicted octanol–water partition coefficient (Wildman–Crippen LogP) is 3.25. The Hall–Kier alpha value is -1.70. The number of benzene rings is 1. The standard InChI is InChI=1S/C14H16BrF2NO4/c1-14(2,3)22-13(21)18-11(12(19)20)5-7-4-10(17)8(15)6-9(7)16/h4,6,11H,5H2,1-3H3,(H,18,21)(H,19,20). The van der Waals surface area contributed by atoms with Gasteiger partial charge in [0.15, 0.2) is 0 Å². The number of carboxylic acid groups (broad SMARTS) is 1. The van der Waals surface area contributed by atoms with Gasteiger partial charge in [0.05, 0.1) is 4.47 Å². The predicted molar refractivity (Wildman–Crippen MR) is 78.6 cm³/mol. The molecular formula is C14H16BrF2NO4. The summed E-state index contributed by atoms with van der Waals surface area (Å²) in [5.74, 6) is -2.88. The number of ether oxygens (including phenoxy) is 1. The maximum atomic E-state index is 13.7. The lowest BCUT2D eigenvalue weighted by molar-refractivity contribution is -0.139. The number of aliphatic carboxylic acids is 1. The molecule has 2 N–H and O–H groups in total. The van der Waals surface area contributed by atoms with Crippen LogP contribution in [0.1, 0.15) is 26.3 Å². The van der Waals surface area contributed by atoms with E-state index >= 15 is 0 Å². The Morgan fingerprint density at radius 2 is 1.91 bits per heavy atom. The van der Waals surface area contributed by atoms with Crippen molar-refractivity contribution in [1.29, 1.82) is 0 Å². The molecule has 5 nitrogen and oxygen atoms in total. The van der Waals surface area contributed by atoms with Crippen LogP contribution in [0.5, 0.6) is 0 Å². The Kier molecular flexibility index (Phi) is 5.87. The number of hydrogen-bond donors (Lipinski definition) is 2. The van der Waals surface area contributed by atoms with Crippen molar-refractivity contribution >= 4 is 28.0 Å². The third kappa shape index (κ3) is 5.59. The van der Waals surface area contributed by atoms with Gasteiger partial charge in [-0.05, 0) is 54.4 Å². The van der Waals surface area contributed by atoms with Crippen molar-refractivity contribution in [3.8, 4) is 0 Å². The number of alkyl carbamates (subject to hydrolysis) is 1. The van der Waals surface area contributed by atoms with Gasteiger partial charge in [0.2, 0.25) is 0 Å². The number of carboxylic acids is 1. The fraction of sp³-hybridized carbons (Fsp3) is 0.429. The summed E-state index contributed by atoms with van der Waals surface area (Å²) < 4.78 is 32.0. The highest BCUT2D eigenvalue weighted by molar-refractivity contribution is 9.10. The molecule has 0 bridgehead atoms. The number of nitrogens with one attached hydrogen (secondary N) is 1. The smallest absolute Gasteiger partial charge is 0.408 e. The molecule has 8 heteroatoms. The van der Waals surface area contributed by atoms with Gasteiger partial charge in [0.1, 0.15) is 23.3 Å². The Morgan fingerprint density at radius 1 is 1.32 bits per heavy atom. The first-order valence-electron chi connectivity index (χ1n) is 6.35. The van der Waals surface area contributed by atoms with Crippen LogP contribution >= 0.6 is 15.9 Å². The fourth-order valence-electron chi connectivity index (χ4n) is 1.59. The summed E-state index contributed by atoms with van der Waals surface area (Å²) in [4.78, 5) is 22.8. The van der Waals surface area contributed by atoms with Crippen LogP contribution in [0.4, 0.5) is 13.6 Å². The maximum absolute atomic E-state index is 13.7. The summed E-state index contributed by atoms with van der Waals surface area (Å²) in [7, 11) is 0. The SMILES string of the molecule is CC(C)(C)OC(=O)NC(Cc1cc(F)c(Br)cc1F)C(=O)O. The van der Waals surface area contributed by atoms with E-state index < -0.39 is 41.8 Å². The molecule has 1 amide bonds. The van der Waals surface area contributed by atoms with Gasteiger partial charge in [-0.25, -0.2) is 18.4 Å². The van der Waals surface area contributed by atoms with Crippen molar-refractivity contribution in [2.24, 2.45) is 0 Å². The third-order valence-electron chi connectivity index (χ3n) is 2.50. The lowest BCUT2D eigenvalue weighted by Crippen LogP contribution is -2.44. The highest BCUT2D eigenvalue weighted by Gasteiger charge is 2.25. The van der Waals surface area contributed by atoms with Crippen molar-refractivity contribution in [2.45, 2.75) is 38.8 Å². The molecule has 0 fully saturated rings. The second-order valence-corrected chi connectivity index (χ2v) is 6.45. The number of carbonyl (C=O) groups is 2. The minimum Gasteiger partial charge on any atom is -0.480 e. The normalized spacial score (nSPS) is 12.6. The highest BCUT2D eigenvalue weighted by Crippen LogP contribution is 2.21. The van der Waals surface area contributed by atoms with Crippen LogP contribution in [0.3, 0.4) is 0 Å². The molecular weight excluding hydrogens is 364 g/mol. The highest BCUT2D eigenvalue weighted by atomic mass is 79.9. The molecule has 1 unspecified atom stereocenters. The molecule has 1 atom stereocenters. The topological polar surface area (TPSA) is 75.6 Å². The molecule has 0 aromatic heterocycles. The van der Waals surface area contributed by atoms with E-state index in [2.05, 4.69) is 21.2 Å². The summed E-state index contributed by atoms with van der Waals surface area (Å²) in [6.07, 6.45) is -1.36. The summed E-state index contributed by atoms with van der Waals surface area (Å²) in [5.41, 5.74) is -0.966. The summed E-state index contributed by atoms with van der Waals surface area (Å²) >= 11 is 2.83. The molecule has 1 aromatic carbocycles. The van der Waals surface area contributed by atoms with Crippen molar-refractivity contribution < 1.29 is 28.2 Å². The Bertz CT molecular complexity index is 587. The van der Waals surface area contributed by atoms with E-state index in [4.69, 9.17) is 9.84 Å². The van der Waals surface area contributed by atoms with Crippen molar-refractivity contribution in [2.75, 3.05) is 0 Å². The fourth-order valence-corrected chi connectivity index (χ4v) is 1.91. The lowest BCUT2D eigenvalue weighted by atomic mass is 10.1. The zero-order chi connectivity index (χ0) is 17.1. The minimum atomic E-state index is -1.44. The first kappa shape index (κ1) is 18.3. The van der Waals surface area contributed by atoms with E-state index in [1.807, 2.05) is 0 Å². The van der Waals surface area contributed by atoms with E-state index in [0.717, 1.165) is 12.1 Å². The third-order valence-corrected chi connectivity index (χ3v) is 3.11. The Labute approximate surface area is 134 Å². The largest absolute Gasteiger partial charge is 0.480 e. The number of halogens is 3. The van der Waals surface area contributed by atoms with Crippen LogP contribution in [0.15, 0.2) is 16.6 Å². The van der Waals surface area contributed by atoms with Gasteiger partial charge in [0, 0.05) is 6.42 Å². The molecule has 0 radical (unpaired) electrons. The molecule has 0 aliphatic carbocycles. The Morgan fingerprint density at radius 3 is 2.41 bits per heavy atom. The van der Waals surface area contributed by atoms with E-state index in [0.29, 0.717) is 0 Å². The average molecular weight is 380 g/mol. The first-order chi connectivity index (χ1) is 9.99. The second kappa shape index (κ2) is 7.04. The van der Waals surface area contributed by atoms with Crippen LogP contribution in [-0.4, -0.2) is 28.8 Å². The molecule has 0 aliphatic heterocycles. The first-order valence-corrected chi connectivity index (χ1v) is 7.14. The van der Waals surface area contributed by atoms with Gasteiger partial charge in [-0.2, -0.15) is 0 Å². The van der Waals surface area contributed by atoms with Gasteiger partial charge in [-0.3, -0.25) is 0 Å². The molecule has 0 aliphatic rings. The summed E-state index contributed by atoms with van der Waals surface area (Å²) in [5, 5.41) is 11.2. The molecule has 0 spiro atoms. The van der Waals surface area contributed by atoms with Gasteiger partial charge < -0.3 is 15.2 Å². The zero-order valence-electron chi connectivity index (χ0n) is 12.2. The Balaban J connectivity index is 2.88. The number of carbonyl (C=O) groups excluding carboxylic acids is 1. The molecule has 122 valence electrons. The second-order valence-electron chi connectivity index (χ2n) is 5.60. The van der Waals surface area contributed by atoms with Crippen LogP contribution < -0.4 is 5.32 Å². The monoisotopic (exact) mass is 379 g/mol. The van der Waals surface area contributed by atoms with Gasteiger partial charge in [-0.1, -0.05) is 0 Å². The van der Waals surface area contributed by atoms with Crippen LogP contribution in [-0.2, 0) is 16.0 Å². The van der Waals surface area contributed by atoms with E-state index in [9.17, 15) is 18.4 Å². The maximum Gasteiger partial charge on any atom is 0.408 e. The van der Waals surface area contributed by atoms with Crippen LogP contribution in [0.25, 0.3) is 0 Å². The van der Waals surface area contributed by atoms with Gasteiger partial charge in [0.25, 0.3) is 0 Å². The van der Waals surface area contributed by atoms with Gasteiger partial charge >= 0.3 is 12.1 Å². The quantitative estimate of drug-likeness (QED) is 0.787. The zero-order valence-corrected chi connectivity index (χ0v) is 13.8. The van der Waals surface area contributed by atoms with E-state index in [1.165, 1.54) is 0 Å². The molecule has 0 saturated carbocycles. The van der Waals surface area contributed by atoms with E-state index in [-0.39, 0.29) is 10.0 Å². The molecule has 0 heterocycles. The molecule has 0 saturated heterocycles. The van der Waals surface area contributed by atoms with Crippen molar-refractivity contribution in [3.05, 3.63) is 33.8 Å². The molecule has 1 rings (SSSR count). The molecule has 22 heavy (non-hydrogen) atoms. The average Bonchev–Trinajstić information content (AvgIpc) is 2.32. The minimum absolute atomic E-state index is 0.0688. The summed E-state index contributed by atoms with van der Waals surface area (Å²) in [6.45, 7) is 4.85. The molecule has 1 aromatic rings. The summed E-state index contributed by atoms with van der Waals surface area (Å²) in [6, 6.07) is 0.341. The lowest BCUT2D eigenvalue weighted by Gasteiger charge is -2.22. The van der Waals surface area contributed by atoms with Crippen molar-refractivity contribution in [1.82, 2.24) is 5.32 Å². The van der Waals surface area contributed by atoms with Crippen LogP contribution in [0.2, 0.25) is 0 Å². The van der Waals surface area contributed by atoms with E-state index in [1.54, 1.807) is 20.8 Å². The number of hydrogen-bond acceptors (Lipinski definition) is 3. The number of amides is 1. The number of rotatable bonds is 4. The van der Waals surface area contributed by atoms with Gasteiger partial charge in [-0.15, -0.1) is 0 Å².